The highest BCUT2D eigenvalue weighted by atomic mass is 16.3. The Morgan fingerprint density at radius 2 is 2.44 bits per heavy atom. The average Bonchev–Trinajstić information content (AvgIpc) is 2.59. The second-order valence-corrected chi connectivity index (χ2v) is 4.56. The summed E-state index contributed by atoms with van der Waals surface area (Å²) in [5.41, 5.74) is 1.87. The third-order valence-corrected chi connectivity index (χ3v) is 3.33. The zero-order chi connectivity index (χ0) is 11.5. The molecule has 1 fully saturated rings. The molecule has 0 aliphatic carbocycles. The van der Waals surface area contributed by atoms with Gasteiger partial charge in [0.15, 0.2) is 0 Å². The van der Waals surface area contributed by atoms with E-state index in [9.17, 15) is 5.11 Å². The Kier molecular flexibility index (Phi) is 3.41. The number of nitrogens with one attached hydrogen (secondary N) is 1. The van der Waals surface area contributed by atoms with Crippen molar-refractivity contribution in [2.75, 3.05) is 18.9 Å². The topological polar surface area (TPSA) is 48.4 Å². The second-order valence-electron chi connectivity index (χ2n) is 4.56. The van der Waals surface area contributed by atoms with Crippen molar-refractivity contribution in [3.05, 3.63) is 24.0 Å². The van der Waals surface area contributed by atoms with Gasteiger partial charge in [0.1, 0.15) is 0 Å². The van der Waals surface area contributed by atoms with Crippen molar-refractivity contribution < 1.29 is 5.11 Å². The van der Waals surface area contributed by atoms with E-state index in [2.05, 4.69) is 29.2 Å². The molecule has 2 N–H and O–H groups in total. The summed E-state index contributed by atoms with van der Waals surface area (Å²) in [7, 11) is 2.14. The minimum Gasteiger partial charge on any atom is -0.392 e. The van der Waals surface area contributed by atoms with Gasteiger partial charge in [-0.05, 0) is 26.5 Å². The van der Waals surface area contributed by atoms with Crippen LogP contribution >= 0.6 is 0 Å². The van der Waals surface area contributed by atoms with Crippen molar-refractivity contribution >= 4 is 5.69 Å². The Hall–Kier alpha value is -1.13. The number of hydrogen-bond acceptors (Lipinski definition) is 4. The van der Waals surface area contributed by atoms with Crippen LogP contribution in [0.2, 0.25) is 0 Å². The van der Waals surface area contributed by atoms with Crippen molar-refractivity contribution in [2.24, 2.45) is 0 Å². The summed E-state index contributed by atoms with van der Waals surface area (Å²) in [4.78, 5) is 6.43. The number of nitrogens with zero attached hydrogens (tertiary/aromatic N) is 2. The van der Waals surface area contributed by atoms with E-state index in [1.165, 1.54) is 0 Å². The molecule has 4 heteroatoms. The molecule has 16 heavy (non-hydrogen) atoms. The van der Waals surface area contributed by atoms with Crippen LogP contribution in [-0.4, -0.2) is 40.7 Å². The van der Waals surface area contributed by atoms with Crippen LogP contribution in [-0.2, 0) is 6.61 Å². The van der Waals surface area contributed by atoms with Crippen molar-refractivity contribution in [3.63, 3.8) is 0 Å². The second kappa shape index (κ2) is 4.80. The molecule has 0 aromatic carbocycles. The zero-order valence-corrected chi connectivity index (χ0v) is 9.85. The van der Waals surface area contributed by atoms with Gasteiger partial charge < -0.3 is 15.3 Å². The molecular weight excluding hydrogens is 202 g/mol. The number of aliphatic hydroxyl groups excluding tert-OH is 1. The summed E-state index contributed by atoms with van der Waals surface area (Å²) in [6, 6.07) is 2.92. The van der Waals surface area contributed by atoms with E-state index >= 15 is 0 Å². The number of aromatic nitrogens is 1. The molecule has 1 aliphatic rings. The van der Waals surface area contributed by atoms with Gasteiger partial charge in [0.25, 0.3) is 0 Å². The van der Waals surface area contributed by atoms with Crippen molar-refractivity contribution in [1.29, 1.82) is 0 Å². The lowest BCUT2D eigenvalue weighted by Crippen LogP contribution is -2.25. The molecule has 2 atom stereocenters. The zero-order valence-electron chi connectivity index (χ0n) is 9.85. The molecule has 0 bridgehead atoms. The summed E-state index contributed by atoms with van der Waals surface area (Å²) in [6.45, 7) is 3.34. The number of hydrogen-bond donors (Lipinski definition) is 2. The summed E-state index contributed by atoms with van der Waals surface area (Å²) >= 11 is 0. The van der Waals surface area contributed by atoms with Gasteiger partial charge in [-0.15, -0.1) is 0 Å². The Morgan fingerprint density at radius 1 is 1.62 bits per heavy atom. The fraction of sp³-hybridized carbons (Fsp3) is 0.583. The van der Waals surface area contributed by atoms with Gasteiger partial charge in [0, 0.05) is 30.4 Å². The SMILES string of the molecule is CC1CC(Nc2cnccc2CO)CN1C. The number of likely N-dealkylation sites (tertiary alicyclic amines) is 1. The van der Waals surface area contributed by atoms with Gasteiger partial charge >= 0.3 is 0 Å². The van der Waals surface area contributed by atoms with Crippen molar-refractivity contribution in [3.8, 4) is 0 Å². The Bertz CT molecular complexity index is 346. The highest BCUT2D eigenvalue weighted by Gasteiger charge is 2.26. The number of pyridine rings is 1. The van der Waals surface area contributed by atoms with Crippen molar-refractivity contribution in [2.45, 2.75) is 32.0 Å². The van der Waals surface area contributed by atoms with E-state index in [4.69, 9.17) is 0 Å². The van der Waals surface area contributed by atoms with Gasteiger partial charge in [0.05, 0.1) is 18.5 Å². The van der Waals surface area contributed by atoms with Gasteiger partial charge in [-0.2, -0.15) is 0 Å². The first-order valence-electron chi connectivity index (χ1n) is 5.71. The molecule has 0 radical (unpaired) electrons. The minimum atomic E-state index is 0.0585. The van der Waals surface area contributed by atoms with Crippen LogP contribution in [0.25, 0.3) is 0 Å². The molecule has 0 amide bonds. The minimum absolute atomic E-state index is 0.0585. The Balaban J connectivity index is 2.04. The maximum absolute atomic E-state index is 9.22. The van der Waals surface area contributed by atoms with Crippen LogP contribution in [0.1, 0.15) is 18.9 Å². The third kappa shape index (κ3) is 2.33. The van der Waals surface area contributed by atoms with E-state index in [0.29, 0.717) is 12.1 Å². The highest BCUT2D eigenvalue weighted by Crippen LogP contribution is 2.21. The fourth-order valence-corrected chi connectivity index (χ4v) is 2.21. The van der Waals surface area contributed by atoms with Crippen LogP contribution in [0.4, 0.5) is 5.69 Å². The number of anilines is 1. The fourth-order valence-electron chi connectivity index (χ4n) is 2.21. The molecule has 0 saturated carbocycles. The molecule has 88 valence electrons. The third-order valence-electron chi connectivity index (χ3n) is 3.33. The summed E-state index contributed by atoms with van der Waals surface area (Å²) < 4.78 is 0. The maximum Gasteiger partial charge on any atom is 0.0703 e. The molecule has 0 spiro atoms. The summed E-state index contributed by atoms with van der Waals surface area (Å²) in [5.74, 6) is 0. The molecule has 2 heterocycles. The molecule has 2 rings (SSSR count). The lowest BCUT2D eigenvalue weighted by molar-refractivity contribution is 0.282. The van der Waals surface area contributed by atoms with Gasteiger partial charge in [-0.1, -0.05) is 0 Å². The van der Waals surface area contributed by atoms with Crippen LogP contribution in [0, 0.1) is 0 Å². The number of aliphatic hydroxyl groups is 1. The van der Waals surface area contributed by atoms with Crippen LogP contribution in [0.3, 0.4) is 0 Å². The maximum atomic E-state index is 9.22. The lowest BCUT2D eigenvalue weighted by atomic mass is 10.1. The molecule has 1 aliphatic heterocycles. The van der Waals surface area contributed by atoms with E-state index in [1.54, 1.807) is 12.4 Å². The number of rotatable bonds is 3. The first-order valence-corrected chi connectivity index (χ1v) is 5.71. The number of likely N-dealkylation sites (N-methyl/N-ethyl adjacent to an activating group) is 1. The highest BCUT2D eigenvalue weighted by molar-refractivity contribution is 5.49. The van der Waals surface area contributed by atoms with E-state index in [-0.39, 0.29) is 6.61 Å². The standard InChI is InChI=1S/C12H19N3O/c1-9-5-11(7-15(9)2)14-12-6-13-4-3-10(12)8-16/h3-4,6,9,11,14,16H,5,7-8H2,1-2H3. The predicted octanol–water partition coefficient (Wildman–Crippen LogP) is 1.08. The van der Waals surface area contributed by atoms with Crippen molar-refractivity contribution in [1.82, 2.24) is 9.88 Å². The molecule has 1 aromatic rings. The average molecular weight is 221 g/mol. The van der Waals surface area contributed by atoms with Gasteiger partial charge in [0.2, 0.25) is 0 Å². The van der Waals surface area contributed by atoms with Crippen LogP contribution in [0.5, 0.6) is 0 Å². The normalized spacial score (nSPS) is 25.9. The predicted molar refractivity (Wildman–Crippen MR) is 64.3 cm³/mol. The Labute approximate surface area is 96.3 Å². The van der Waals surface area contributed by atoms with E-state index in [1.807, 2.05) is 6.07 Å². The smallest absolute Gasteiger partial charge is 0.0703 e. The first kappa shape index (κ1) is 11.4. The van der Waals surface area contributed by atoms with Crippen LogP contribution in [0.15, 0.2) is 18.5 Å². The Morgan fingerprint density at radius 3 is 3.06 bits per heavy atom. The largest absolute Gasteiger partial charge is 0.392 e. The molecule has 1 saturated heterocycles. The molecule has 1 aromatic heterocycles. The summed E-state index contributed by atoms with van der Waals surface area (Å²) in [5, 5.41) is 12.7. The van der Waals surface area contributed by atoms with E-state index < -0.39 is 0 Å². The van der Waals surface area contributed by atoms with Crippen LogP contribution < -0.4 is 5.32 Å². The first-order chi connectivity index (χ1) is 7.70. The molecule has 4 nitrogen and oxygen atoms in total. The van der Waals surface area contributed by atoms with Gasteiger partial charge in [-0.3, -0.25) is 4.98 Å². The van der Waals surface area contributed by atoms with E-state index in [0.717, 1.165) is 24.2 Å². The quantitative estimate of drug-likeness (QED) is 0.802. The monoisotopic (exact) mass is 221 g/mol. The lowest BCUT2D eigenvalue weighted by Gasteiger charge is -2.16. The summed E-state index contributed by atoms with van der Waals surface area (Å²) in [6.07, 6.45) is 4.63. The molecule has 2 unspecified atom stereocenters. The molecular formula is C12H19N3O. The van der Waals surface area contributed by atoms with Gasteiger partial charge in [-0.25, -0.2) is 0 Å².